The lowest BCUT2D eigenvalue weighted by Gasteiger charge is -2.15. The van der Waals surface area contributed by atoms with Crippen LogP contribution in [0.3, 0.4) is 0 Å². The maximum Gasteiger partial charge on any atom is 0.255 e. The molecule has 2 aromatic carbocycles. The van der Waals surface area contributed by atoms with Crippen molar-refractivity contribution in [3.05, 3.63) is 53.6 Å². The first kappa shape index (κ1) is 14.4. The summed E-state index contributed by atoms with van der Waals surface area (Å²) in [5, 5.41) is 6.23. The Morgan fingerprint density at radius 3 is 2.86 bits per heavy atom. The van der Waals surface area contributed by atoms with E-state index in [9.17, 15) is 4.79 Å². The van der Waals surface area contributed by atoms with Crippen LogP contribution in [0.2, 0.25) is 0 Å². The standard InChI is InChI=1S/C18H20N2O2/c1-12(2)22-17-6-4-3-5-16(17)20-18(21)14-7-8-15-13(11-14)9-10-19-15/h3-8,11-12,19H,9-10H2,1-2H3,(H,20,21). The van der Waals surface area contributed by atoms with Gasteiger partial charge in [-0.05, 0) is 56.2 Å². The molecule has 0 radical (unpaired) electrons. The Balaban J connectivity index is 1.80. The summed E-state index contributed by atoms with van der Waals surface area (Å²) in [4.78, 5) is 12.5. The quantitative estimate of drug-likeness (QED) is 0.904. The molecule has 114 valence electrons. The zero-order chi connectivity index (χ0) is 15.5. The Bertz CT molecular complexity index is 695. The highest BCUT2D eigenvalue weighted by Gasteiger charge is 2.15. The third-order valence-electron chi connectivity index (χ3n) is 3.58. The number of benzene rings is 2. The van der Waals surface area contributed by atoms with Gasteiger partial charge in [-0.15, -0.1) is 0 Å². The Kier molecular flexibility index (Phi) is 4.00. The lowest BCUT2D eigenvalue weighted by molar-refractivity contribution is 0.102. The molecule has 2 N–H and O–H groups in total. The van der Waals surface area contributed by atoms with Crippen LogP contribution < -0.4 is 15.4 Å². The van der Waals surface area contributed by atoms with Crippen LogP contribution in [0, 0.1) is 0 Å². The van der Waals surface area contributed by atoms with E-state index in [1.165, 1.54) is 5.56 Å². The van der Waals surface area contributed by atoms with Gasteiger partial charge in [0.25, 0.3) is 5.91 Å². The summed E-state index contributed by atoms with van der Waals surface area (Å²) >= 11 is 0. The van der Waals surface area contributed by atoms with Crippen LogP contribution in [0.5, 0.6) is 5.75 Å². The van der Waals surface area contributed by atoms with Gasteiger partial charge in [0.1, 0.15) is 5.75 Å². The number of para-hydroxylation sites is 2. The van der Waals surface area contributed by atoms with Crippen LogP contribution in [0.1, 0.15) is 29.8 Å². The number of hydrogen-bond donors (Lipinski definition) is 2. The lowest BCUT2D eigenvalue weighted by Crippen LogP contribution is -2.14. The average Bonchev–Trinajstić information content (AvgIpc) is 2.96. The van der Waals surface area contributed by atoms with Crippen LogP contribution in [-0.2, 0) is 6.42 Å². The maximum absolute atomic E-state index is 12.5. The summed E-state index contributed by atoms with van der Waals surface area (Å²) < 4.78 is 5.73. The number of rotatable bonds is 4. The molecular weight excluding hydrogens is 276 g/mol. The highest BCUT2D eigenvalue weighted by atomic mass is 16.5. The van der Waals surface area contributed by atoms with Crippen molar-refractivity contribution in [2.24, 2.45) is 0 Å². The van der Waals surface area contributed by atoms with Crippen LogP contribution in [0.25, 0.3) is 0 Å². The number of nitrogens with one attached hydrogen (secondary N) is 2. The van der Waals surface area contributed by atoms with Gasteiger partial charge in [0.2, 0.25) is 0 Å². The molecular formula is C18H20N2O2. The molecule has 4 nitrogen and oxygen atoms in total. The van der Waals surface area contributed by atoms with Crippen molar-refractivity contribution in [3.63, 3.8) is 0 Å². The monoisotopic (exact) mass is 296 g/mol. The number of anilines is 2. The predicted octanol–water partition coefficient (Wildman–Crippen LogP) is 3.69. The van der Waals surface area contributed by atoms with Gasteiger partial charge in [-0.25, -0.2) is 0 Å². The third-order valence-corrected chi connectivity index (χ3v) is 3.58. The summed E-state index contributed by atoms with van der Waals surface area (Å²) in [6.07, 6.45) is 1.02. The number of fused-ring (bicyclic) bond motifs is 1. The van der Waals surface area contributed by atoms with Gasteiger partial charge in [-0.1, -0.05) is 12.1 Å². The predicted molar refractivity (Wildman–Crippen MR) is 88.8 cm³/mol. The average molecular weight is 296 g/mol. The van der Waals surface area contributed by atoms with Crippen LogP contribution in [0.15, 0.2) is 42.5 Å². The molecule has 1 aliphatic heterocycles. The number of amides is 1. The van der Waals surface area contributed by atoms with Crippen molar-refractivity contribution in [2.45, 2.75) is 26.4 Å². The maximum atomic E-state index is 12.5. The van der Waals surface area contributed by atoms with E-state index in [1.54, 1.807) is 0 Å². The smallest absolute Gasteiger partial charge is 0.255 e. The first-order valence-electron chi connectivity index (χ1n) is 7.57. The first-order chi connectivity index (χ1) is 10.6. The molecule has 0 saturated heterocycles. The van der Waals surface area contributed by atoms with Gasteiger partial charge in [0, 0.05) is 17.8 Å². The summed E-state index contributed by atoms with van der Waals surface area (Å²) in [7, 11) is 0. The van der Waals surface area contributed by atoms with E-state index in [4.69, 9.17) is 4.74 Å². The molecule has 0 unspecified atom stereocenters. The minimum absolute atomic E-state index is 0.0594. The number of carbonyl (C=O) groups excluding carboxylic acids is 1. The fourth-order valence-corrected chi connectivity index (χ4v) is 2.57. The number of ether oxygens (including phenoxy) is 1. The van der Waals surface area contributed by atoms with Gasteiger partial charge in [0.05, 0.1) is 11.8 Å². The van der Waals surface area contributed by atoms with E-state index in [-0.39, 0.29) is 12.0 Å². The molecule has 1 heterocycles. The van der Waals surface area contributed by atoms with Gasteiger partial charge in [0.15, 0.2) is 0 Å². The molecule has 1 amide bonds. The molecule has 2 aromatic rings. The SMILES string of the molecule is CC(C)Oc1ccccc1NC(=O)c1ccc2c(c1)CCN2. The van der Waals surface area contributed by atoms with Gasteiger partial charge in [-0.2, -0.15) is 0 Å². The van der Waals surface area contributed by atoms with E-state index >= 15 is 0 Å². The molecule has 0 bridgehead atoms. The second kappa shape index (κ2) is 6.10. The third kappa shape index (κ3) is 3.06. The normalized spacial score (nSPS) is 12.7. The minimum Gasteiger partial charge on any atom is -0.489 e. The number of carbonyl (C=O) groups is 1. The van der Waals surface area contributed by atoms with Crippen molar-refractivity contribution in [1.82, 2.24) is 0 Å². The fourth-order valence-electron chi connectivity index (χ4n) is 2.57. The van der Waals surface area contributed by atoms with Crippen LogP contribution in [-0.4, -0.2) is 18.6 Å². The summed E-state index contributed by atoms with van der Waals surface area (Å²) in [6.45, 7) is 4.86. The number of hydrogen-bond acceptors (Lipinski definition) is 3. The Morgan fingerprint density at radius 2 is 2.05 bits per heavy atom. The zero-order valence-corrected chi connectivity index (χ0v) is 12.8. The van der Waals surface area contributed by atoms with Crippen LogP contribution >= 0.6 is 0 Å². The van der Waals surface area contributed by atoms with Gasteiger partial charge in [-0.3, -0.25) is 4.79 Å². The fraction of sp³-hybridized carbons (Fsp3) is 0.278. The molecule has 1 aliphatic rings. The van der Waals surface area contributed by atoms with E-state index in [0.29, 0.717) is 17.0 Å². The molecule has 0 saturated carbocycles. The molecule has 4 heteroatoms. The van der Waals surface area contributed by atoms with Crippen molar-refractivity contribution in [2.75, 3.05) is 17.2 Å². The Morgan fingerprint density at radius 1 is 1.23 bits per heavy atom. The van der Waals surface area contributed by atoms with Crippen molar-refractivity contribution in [1.29, 1.82) is 0 Å². The lowest BCUT2D eigenvalue weighted by atomic mass is 10.1. The van der Waals surface area contributed by atoms with E-state index < -0.39 is 0 Å². The summed E-state index contributed by atoms with van der Waals surface area (Å²) in [5.41, 5.74) is 3.68. The van der Waals surface area contributed by atoms with E-state index in [2.05, 4.69) is 10.6 Å². The molecule has 0 aliphatic carbocycles. The topological polar surface area (TPSA) is 50.4 Å². The van der Waals surface area contributed by atoms with E-state index in [1.807, 2.05) is 56.3 Å². The molecule has 3 rings (SSSR count). The first-order valence-corrected chi connectivity index (χ1v) is 7.57. The van der Waals surface area contributed by atoms with Crippen LogP contribution in [0.4, 0.5) is 11.4 Å². The van der Waals surface area contributed by atoms with Gasteiger partial charge >= 0.3 is 0 Å². The molecule has 0 atom stereocenters. The molecule has 22 heavy (non-hydrogen) atoms. The summed E-state index contributed by atoms with van der Waals surface area (Å²) in [5.74, 6) is 0.572. The zero-order valence-electron chi connectivity index (χ0n) is 12.8. The van der Waals surface area contributed by atoms with Gasteiger partial charge < -0.3 is 15.4 Å². The Labute approximate surface area is 130 Å². The largest absolute Gasteiger partial charge is 0.489 e. The second-order valence-corrected chi connectivity index (χ2v) is 5.67. The minimum atomic E-state index is -0.116. The van der Waals surface area contributed by atoms with E-state index in [0.717, 1.165) is 18.7 Å². The highest BCUT2D eigenvalue weighted by Crippen LogP contribution is 2.27. The Hall–Kier alpha value is -2.49. The second-order valence-electron chi connectivity index (χ2n) is 5.67. The van der Waals surface area contributed by atoms with Crippen molar-refractivity contribution >= 4 is 17.3 Å². The molecule has 0 spiro atoms. The molecule has 0 aromatic heterocycles. The molecule has 0 fully saturated rings. The van der Waals surface area contributed by atoms with Crippen molar-refractivity contribution in [3.8, 4) is 5.75 Å². The highest BCUT2D eigenvalue weighted by molar-refractivity contribution is 6.05. The summed E-state index contributed by atoms with van der Waals surface area (Å²) in [6, 6.07) is 13.3. The van der Waals surface area contributed by atoms with Crippen molar-refractivity contribution < 1.29 is 9.53 Å².